The van der Waals surface area contributed by atoms with Crippen molar-refractivity contribution < 1.29 is 4.79 Å². The fourth-order valence-electron chi connectivity index (χ4n) is 2.32. The van der Waals surface area contributed by atoms with Gasteiger partial charge in [0.05, 0.1) is 5.69 Å². The summed E-state index contributed by atoms with van der Waals surface area (Å²) in [7, 11) is 0. The van der Waals surface area contributed by atoms with Crippen LogP contribution in [0.3, 0.4) is 0 Å². The summed E-state index contributed by atoms with van der Waals surface area (Å²) >= 11 is 2.92. The van der Waals surface area contributed by atoms with Gasteiger partial charge in [0.1, 0.15) is 4.88 Å². The lowest BCUT2D eigenvalue weighted by Gasteiger charge is -2.34. The van der Waals surface area contributed by atoms with Crippen LogP contribution < -0.4 is 0 Å². The van der Waals surface area contributed by atoms with Gasteiger partial charge in [-0.25, -0.2) is 0 Å². The van der Waals surface area contributed by atoms with E-state index in [9.17, 15) is 4.79 Å². The minimum absolute atomic E-state index is 0.0766. The molecule has 2 aromatic rings. The molecule has 1 aliphatic rings. The molecule has 0 atom stereocenters. The molecule has 0 unspecified atom stereocenters. The van der Waals surface area contributed by atoms with Crippen LogP contribution in [0.5, 0.6) is 0 Å². The number of thiophene rings is 1. The van der Waals surface area contributed by atoms with Crippen LogP contribution in [0.25, 0.3) is 0 Å². The molecule has 1 fully saturated rings. The standard InChI is InChI=1S/C13H16N4OS2/c1-10-12(20-15-14-10)13(18)17-5-3-16(4-6-17)8-11-2-7-19-9-11/h2,7,9H,3-6,8H2,1H3. The van der Waals surface area contributed by atoms with Crippen molar-refractivity contribution in [3.05, 3.63) is 33.0 Å². The maximum absolute atomic E-state index is 12.3. The first-order chi connectivity index (χ1) is 9.74. The molecule has 1 aliphatic heterocycles. The Morgan fingerprint density at radius 1 is 1.35 bits per heavy atom. The van der Waals surface area contributed by atoms with E-state index < -0.39 is 0 Å². The molecule has 20 heavy (non-hydrogen) atoms. The summed E-state index contributed by atoms with van der Waals surface area (Å²) in [6, 6.07) is 2.16. The van der Waals surface area contributed by atoms with Crippen LogP contribution >= 0.6 is 22.9 Å². The van der Waals surface area contributed by atoms with Crippen LogP contribution in [-0.4, -0.2) is 51.5 Å². The average molecular weight is 308 g/mol. The van der Waals surface area contributed by atoms with E-state index in [1.54, 1.807) is 11.3 Å². The molecule has 0 aromatic carbocycles. The van der Waals surface area contributed by atoms with Gasteiger partial charge in [-0.15, -0.1) is 5.10 Å². The van der Waals surface area contributed by atoms with Crippen LogP contribution in [0.15, 0.2) is 16.8 Å². The van der Waals surface area contributed by atoms with E-state index in [0.717, 1.165) is 38.4 Å². The van der Waals surface area contributed by atoms with E-state index >= 15 is 0 Å². The number of rotatable bonds is 3. The van der Waals surface area contributed by atoms with E-state index in [1.807, 2.05) is 11.8 Å². The third-order valence-electron chi connectivity index (χ3n) is 3.49. The van der Waals surface area contributed by atoms with Gasteiger partial charge in [-0.05, 0) is 40.8 Å². The predicted octanol–water partition coefficient (Wildman–Crippen LogP) is 1.87. The molecule has 1 amide bonds. The van der Waals surface area contributed by atoms with Crippen LogP contribution in [0.2, 0.25) is 0 Å². The molecular weight excluding hydrogens is 292 g/mol. The Balaban J connectivity index is 1.56. The van der Waals surface area contributed by atoms with Crippen molar-refractivity contribution in [3.8, 4) is 0 Å². The van der Waals surface area contributed by atoms with E-state index in [-0.39, 0.29) is 5.91 Å². The quantitative estimate of drug-likeness (QED) is 0.868. The molecule has 0 aliphatic carbocycles. The van der Waals surface area contributed by atoms with E-state index in [0.29, 0.717) is 4.88 Å². The zero-order valence-corrected chi connectivity index (χ0v) is 12.9. The lowest BCUT2D eigenvalue weighted by Crippen LogP contribution is -2.48. The molecule has 2 aromatic heterocycles. The Kier molecular flexibility index (Phi) is 4.09. The Hall–Kier alpha value is -1.31. The second-order valence-corrected chi connectivity index (χ2v) is 6.42. The highest BCUT2D eigenvalue weighted by Crippen LogP contribution is 2.16. The number of piperazine rings is 1. The maximum atomic E-state index is 12.3. The molecule has 0 spiro atoms. The van der Waals surface area contributed by atoms with Gasteiger partial charge in [0.15, 0.2) is 0 Å². The first-order valence-corrected chi connectivity index (χ1v) is 8.27. The van der Waals surface area contributed by atoms with Crippen LogP contribution in [0, 0.1) is 6.92 Å². The number of aryl methyl sites for hydroxylation is 1. The van der Waals surface area contributed by atoms with Crippen LogP contribution in [-0.2, 0) is 6.54 Å². The maximum Gasteiger partial charge on any atom is 0.267 e. The van der Waals surface area contributed by atoms with E-state index in [2.05, 4.69) is 31.3 Å². The molecular formula is C13H16N4OS2. The SMILES string of the molecule is Cc1nnsc1C(=O)N1CCN(Cc2ccsc2)CC1. The Labute approximate surface area is 126 Å². The topological polar surface area (TPSA) is 49.3 Å². The van der Waals surface area contributed by atoms with E-state index in [1.165, 1.54) is 17.1 Å². The minimum Gasteiger partial charge on any atom is -0.335 e. The summed E-state index contributed by atoms with van der Waals surface area (Å²) in [5, 5.41) is 8.20. The fourth-order valence-corrected chi connectivity index (χ4v) is 3.61. The summed E-state index contributed by atoms with van der Waals surface area (Å²) in [6.45, 7) is 6.22. The molecule has 3 heterocycles. The number of carbonyl (C=O) groups is 1. The highest BCUT2D eigenvalue weighted by atomic mass is 32.1. The van der Waals surface area contributed by atoms with Gasteiger partial charge in [0.2, 0.25) is 0 Å². The molecule has 3 rings (SSSR count). The highest BCUT2D eigenvalue weighted by Gasteiger charge is 2.24. The lowest BCUT2D eigenvalue weighted by atomic mass is 10.2. The van der Waals surface area contributed by atoms with Crippen molar-refractivity contribution >= 4 is 28.8 Å². The summed E-state index contributed by atoms with van der Waals surface area (Å²) in [6.07, 6.45) is 0. The van der Waals surface area contributed by atoms with Gasteiger partial charge in [-0.3, -0.25) is 9.69 Å². The molecule has 1 saturated heterocycles. The average Bonchev–Trinajstić information content (AvgIpc) is 3.10. The fraction of sp³-hybridized carbons (Fsp3) is 0.462. The monoisotopic (exact) mass is 308 g/mol. The Morgan fingerprint density at radius 2 is 2.15 bits per heavy atom. The first-order valence-electron chi connectivity index (χ1n) is 6.55. The van der Waals surface area contributed by atoms with Gasteiger partial charge in [0.25, 0.3) is 5.91 Å². The smallest absolute Gasteiger partial charge is 0.267 e. The van der Waals surface area contributed by atoms with Crippen LogP contribution in [0.1, 0.15) is 20.9 Å². The summed E-state index contributed by atoms with van der Waals surface area (Å²) in [5.74, 6) is 0.0766. The van der Waals surface area contributed by atoms with Crippen molar-refractivity contribution in [3.63, 3.8) is 0 Å². The molecule has 7 heteroatoms. The number of amides is 1. The largest absolute Gasteiger partial charge is 0.335 e. The normalized spacial score (nSPS) is 16.6. The third-order valence-corrected chi connectivity index (χ3v) is 5.04. The first kappa shape index (κ1) is 13.7. The minimum atomic E-state index is 0.0766. The van der Waals surface area contributed by atoms with Gasteiger partial charge in [0, 0.05) is 32.7 Å². The van der Waals surface area contributed by atoms with Crippen molar-refractivity contribution in [2.24, 2.45) is 0 Å². The van der Waals surface area contributed by atoms with Gasteiger partial charge >= 0.3 is 0 Å². The highest BCUT2D eigenvalue weighted by molar-refractivity contribution is 7.08. The van der Waals surface area contributed by atoms with Crippen molar-refractivity contribution in [1.82, 2.24) is 19.4 Å². The second kappa shape index (κ2) is 5.99. The van der Waals surface area contributed by atoms with Gasteiger partial charge < -0.3 is 4.90 Å². The summed E-state index contributed by atoms with van der Waals surface area (Å²) in [5.41, 5.74) is 2.10. The Morgan fingerprint density at radius 3 is 2.75 bits per heavy atom. The predicted molar refractivity (Wildman–Crippen MR) is 80.1 cm³/mol. The van der Waals surface area contributed by atoms with Crippen molar-refractivity contribution in [1.29, 1.82) is 0 Å². The molecule has 106 valence electrons. The molecule has 0 N–H and O–H groups in total. The van der Waals surface area contributed by atoms with Crippen molar-refractivity contribution in [2.45, 2.75) is 13.5 Å². The zero-order valence-electron chi connectivity index (χ0n) is 11.3. The molecule has 0 radical (unpaired) electrons. The second-order valence-electron chi connectivity index (χ2n) is 4.89. The lowest BCUT2D eigenvalue weighted by molar-refractivity contribution is 0.0632. The number of hydrogen-bond acceptors (Lipinski definition) is 6. The Bertz CT molecular complexity index is 573. The molecule has 0 bridgehead atoms. The summed E-state index contributed by atoms with van der Waals surface area (Å²) in [4.78, 5) is 17.3. The molecule has 0 saturated carbocycles. The van der Waals surface area contributed by atoms with Gasteiger partial charge in [-0.2, -0.15) is 11.3 Å². The van der Waals surface area contributed by atoms with Crippen molar-refractivity contribution in [2.75, 3.05) is 26.2 Å². The third kappa shape index (κ3) is 2.89. The zero-order chi connectivity index (χ0) is 13.9. The number of carbonyl (C=O) groups excluding carboxylic acids is 1. The van der Waals surface area contributed by atoms with Crippen LogP contribution in [0.4, 0.5) is 0 Å². The number of aromatic nitrogens is 2. The number of hydrogen-bond donors (Lipinski definition) is 0. The summed E-state index contributed by atoms with van der Waals surface area (Å²) < 4.78 is 3.84. The van der Waals surface area contributed by atoms with E-state index in [4.69, 9.17) is 0 Å². The molecule has 5 nitrogen and oxygen atoms in total. The number of nitrogens with zero attached hydrogens (tertiary/aromatic N) is 4. The van der Waals surface area contributed by atoms with Gasteiger partial charge in [-0.1, -0.05) is 4.49 Å².